The Labute approximate surface area is 131 Å². The van der Waals surface area contributed by atoms with Crippen LogP contribution in [0.4, 0.5) is 0 Å². The Morgan fingerprint density at radius 1 is 1.25 bits per heavy atom. The maximum absolute atomic E-state index is 6.34. The van der Waals surface area contributed by atoms with Gasteiger partial charge in [-0.25, -0.2) is 9.97 Å². The summed E-state index contributed by atoms with van der Waals surface area (Å²) >= 11 is 18.3. The van der Waals surface area contributed by atoms with Crippen LogP contribution in [0.2, 0.25) is 10.0 Å². The second-order valence-electron chi connectivity index (χ2n) is 4.40. The Morgan fingerprint density at radius 2 is 2.05 bits per heavy atom. The molecule has 0 fully saturated rings. The molecule has 0 aliphatic rings. The third kappa shape index (κ3) is 2.16. The molecule has 0 radical (unpaired) electrons. The van der Waals surface area contributed by atoms with Crippen LogP contribution in [0, 0.1) is 6.92 Å². The largest absolute Gasteiger partial charge is 0.278 e. The van der Waals surface area contributed by atoms with E-state index in [2.05, 4.69) is 9.97 Å². The van der Waals surface area contributed by atoms with Crippen molar-refractivity contribution in [2.24, 2.45) is 0 Å². The van der Waals surface area contributed by atoms with E-state index in [0.717, 1.165) is 11.3 Å². The summed E-state index contributed by atoms with van der Waals surface area (Å²) in [5, 5.41) is 1.17. The zero-order valence-corrected chi connectivity index (χ0v) is 12.8. The molecular weight excluding hydrogens is 317 g/mol. The Bertz CT molecular complexity index is 775. The van der Waals surface area contributed by atoms with Crippen LogP contribution in [0.15, 0.2) is 30.5 Å². The van der Waals surface area contributed by atoms with Crippen LogP contribution in [0.5, 0.6) is 0 Å². The van der Waals surface area contributed by atoms with E-state index in [1.54, 1.807) is 12.3 Å². The van der Waals surface area contributed by atoms with Gasteiger partial charge in [-0.2, -0.15) is 0 Å². The van der Waals surface area contributed by atoms with Gasteiger partial charge >= 0.3 is 0 Å². The first-order chi connectivity index (χ1) is 9.61. The van der Waals surface area contributed by atoms with Gasteiger partial charge in [0.15, 0.2) is 5.65 Å². The van der Waals surface area contributed by atoms with Crippen molar-refractivity contribution in [3.8, 4) is 5.69 Å². The molecule has 0 bridgehead atoms. The fourth-order valence-electron chi connectivity index (χ4n) is 2.22. The molecule has 1 aromatic carbocycles. The second kappa shape index (κ2) is 5.24. The van der Waals surface area contributed by atoms with Gasteiger partial charge in [0.2, 0.25) is 0 Å². The highest BCUT2D eigenvalue weighted by molar-refractivity contribution is 6.32. The first-order valence-electron chi connectivity index (χ1n) is 5.96. The molecule has 0 aliphatic heterocycles. The summed E-state index contributed by atoms with van der Waals surface area (Å²) in [5.74, 6) is 0.950. The lowest BCUT2D eigenvalue weighted by atomic mass is 10.2. The molecule has 102 valence electrons. The molecule has 6 heteroatoms. The third-order valence-electron chi connectivity index (χ3n) is 3.06. The van der Waals surface area contributed by atoms with E-state index in [1.165, 1.54) is 0 Å². The highest BCUT2D eigenvalue weighted by atomic mass is 35.5. The molecule has 20 heavy (non-hydrogen) atoms. The lowest BCUT2D eigenvalue weighted by Gasteiger charge is -2.12. The van der Waals surface area contributed by atoms with Gasteiger partial charge < -0.3 is 0 Å². The van der Waals surface area contributed by atoms with E-state index in [4.69, 9.17) is 34.8 Å². The number of fused-ring (bicyclic) bond motifs is 1. The number of para-hydroxylation sites is 1. The summed E-state index contributed by atoms with van der Waals surface area (Å²) < 4.78 is 1.89. The van der Waals surface area contributed by atoms with Crippen molar-refractivity contribution in [2.45, 2.75) is 12.8 Å². The van der Waals surface area contributed by atoms with Gasteiger partial charge in [0.25, 0.3) is 0 Å². The van der Waals surface area contributed by atoms with Gasteiger partial charge in [-0.15, -0.1) is 11.6 Å². The van der Waals surface area contributed by atoms with Crippen molar-refractivity contribution in [1.82, 2.24) is 14.5 Å². The van der Waals surface area contributed by atoms with Crippen LogP contribution in [-0.4, -0.2) is 14.5 Å². The predicted molar refractivity (Wildman–Crippen MR) is 83.2 cm³/mol. The number of rotatable bonds is 2. The number of hydrogen-bond acceptors (Lipinski definition) is 2. The minimum atomic E-state index is 0.263. The minimum absolute atomic E-state index is 0.263. The van der Waals surface area contributed by atoms with Crippen molar-refractivity contribution >= 4 is 46.0 Å². The average Bonchev–Trinajstić information content (AvgIpc) is 2.76. The first kappa shape index (κ1) is 13.7. The smallest absolute Gasteiger partial charge is 0.164 e. The molecule has 0 N–H and O–H groups in total. The number of nitrogens with zero attached hydrogens (tertiary/aromatic N) is 3. The number of benzene rings is 1. The van der Waals surface area contributed by atoms with E-state index in [9.17, 15) is 0 Å². The molecule has 0 amide bonds. The van der Waals surface area contributed by atoms with Crippen LogP contribution in [0.3, 0.4) is 0 Å². The normalized spacial score (nSPS) is 11.2. The number of alkyl halides is 1. The van der Waals surface area contributed by atoms with E-state index in [-0.39, 0.29) is 5.88 Å². The second-order valence-corrected chi connectivity index (χ2v) is 5.51. The van der Waals surface area contributed by atoms with Gasteiger partial charge in [-0.05, 0) is 24.6 Å². The lowest BCUT2D eigenvalue weighted by Crippen LogP contribution is -2.03. The van der Waals surface area contributed by atoms with Crippen LogP contribution < -0.4 is 0 Å². The third-order valence-corrected chi connectivity index (χ3v) is 3.82. The number of imidazole rings is 1. The van der Waals surface area contributed by atoms with Crippen LogP contribution in [0.25, 0.3) is 16.9 Å². The summed E-state index contributed by atoms with van der Waals surface area (Å²) in [4.78, 5) is 8.84. The predicted octanol–water partition coefficient (Wildman–Crippen LogP) is 4.77. The van der Waals surface area contributed by atoms with Crippen LogP contribution >= 0.6 is 34.8 Å². The van der Waals surface area contributed by atoms with Crippen molar-refractivity contribution in [2.75, 3.05) is 0 Å². The van der Waals surface area contributed by atoms with Gasteiger partial charge in [0.05, 0.1) is 21.6 Å². The molecule has 0 aliphatic carbocycles. The highest BCUT2D eigenvalue weighted by Gasteiger charge is 2.17. The van der Waals surface area contributed by atoms with Crippen LogP contribution in [-0.2, 0) is 5.88 Å². The fourth-order valence-corrected chi connectivity index (χ4v) is 2.86. The van der Waals surface area contributed by atoms with E-state index >= 15 is 0 Å². The summed E-state index contributed by atoms with van der Waals surface area (Å²) in [5.41, 5.74) is 3.27. The van der Waals surface area contributed by atoms with Crippen molar-refractivity contribution < 1.29 is 0 Å². The zero-order chi connectivity index (χ0) is 14.3. The minimum Gasteiger partial charge on any atom is -0.278 e. The highest BCUT2D eigenvalue weighted by Crippen LogP contribution is 2.30. The summed E-state index contributed by atoms with van der Waals surface area (Å²) in [6, 6.07) is 7.50. The standard InChI is InChI=1S/C14H10Cl3N3/c1-8-3-2-4-10(17)13(8)20-12(6-15)19-11-5-9(16)7-18-14(11)20/h2-5,7H,6H2,1H3. The fraction of sp³-hybridized carbons (Fsp3) is 0.143. The van der Waals surface area contributed by atoms with Gasteiger partial charge in [0.1, 0.15) is 11.3 Å². The molecule has 2 aromatic heterocycles. The molecule has 0 atom stereocenters. The summed E-state index contributed by atoms with van der Waals surface area (Å²) in [7, 11) is 0. The molecular formula is C14H10Cl3N3. The van der Waals surface area contributed by atoms with Crippen molar-refractivity contribution in [1.29, 1.82) is 0 Å². The number of aryl methyl sites for hydroxylation is 1. The Morgan fingerprint density at radius 3 is 2.75 bits per heavy atom. The quantitative estimate of drug-likeness (QED) is 0.635. The molecule has 0 spiro atoms. The molecule has 0 unspecified atom stereocenters. The van der Waals surface area contributed by atoms with E-state index < -0.39 is 0 Å². The monoisotopic (exact) mass is 325 g/mol. The van der Waals surface area contributed by atoms with Gasteiger partial charge in [-0.3, -0.25) is 4.57 Å². The number of aromatic nitrogens is 3. The lowest BCUT2D eigenvalue weighted by molar-refractivity contribution is 0.961. The number of halogens is 3. The maximum atomic E-state index is 6.34. The van der Waals surface area contributed by atoms with E-state index in [0.29, 0.717) is 27.0 Å². The Kier molecular flexibility index (Phi) is 3.59. The molecule has 3 aromatic rings. The molecule has 3 rings (SSSR count). The summed E-state index contributed by atoms with van der Waals surface area (Å²) in [6.45, 7) is 1.99. The van der Waals surface area contributed by atoms with Crippen LogP contribution in [0.1, 0.15) is 11.4 Å². The van der Waals surface area contributed by atoms with Gasteiger partial charge in [-0.1, -0.05) is 35.3 Å². The molecule has 0 saturated carbocycles. The Hall–Kier alpha value is -1.29. The average molecular weight is 327 g/mol. The molecule has 2 heterocycles. The van der Waals surface area contributed by atoms with Gasteiger partial charge in [0, 0.05) is 6.20 Å². The van der Waals surface area contributed by atoms with Crippen molar-refractivity contribution in [3.63, 3.8) is 0 Å². The molecule has 0 saturated heterocycles. The van der Waals surface area contributed by atoms with E-state index in [1.807, 2.05) is 29.7 Å². The zero-order valence-electron chi connectivity index (χ0n) is 10.6. The Balaban J connectivity index is 2.40. The van der Waals surface area contributed by atoms with Crippen molar-refractivity contribution in [3.05, 3.63) is 51.9 Å². The number of pyridine rings is 1. The SMILES string of the molecule is Cc1cccc(Cl)c1-n1c(CCl)nc2cc(Cl)cnc21. The first-order valence-corrected chi connectivity index (χ1v) is 7.25. The number of hydrogen-bond donors (Lipinski definition) is 0. The summed E-state index contributed by atoms with van der Waals surface area (Å²) in [6.07, 6.45) is 1.59. The maximum Gasteiger partial charge on any atom is 0.164 e. The topological polar surface area (TPSA) is 30.7 Å². The molecule has 3 nitrogen and oxygen atoms in total.